The average molecular weight is 302 g/mol. The molecule has 0 radical (unpaired) electrons. The van der Waals surface area contributed by atoms with Crippen LogP contribution in [0, 0.1) is 0 Å². The van der Waals surface area contributed by atoms with E-state index in [1.54, 1.807) is 0 Å². The average Bonchev–Trinajstić information content (AvgIpc) is 2.89. The second kappa shape index (κ2) is 5.53. The molecule has 108 valence electrons. The van der Waals surface area contributed by atoms with Gasteiger partial charge in [-0.25, -0.2) is 4.79 Å². The largest absolute Gasteiger partial charge is 0.375 e. The van der Waals surface area contributed by atoms with Crippen molar-refractivity contribution in [3.05, 3.63) is 56.7 Å². The van der Waals surface area contributed by atoms with Gasteiger partial charge in [-0.1, -0.05) is 30.3 Å². The number of rotatable bonds is 4. The van der Waals surface area contributed by atoms with E-state index in [1.807, 2.05) is 37.3 Å². The highest BCUT2D eigenvalue weighted by molar-refractivity contribution is 7.11. The molecule has 7 heteroatoms. The van der Waals surface area contributed by atoms with Crippen LogP contribution in [0.5, 0.6) is 0 Å². The van der Waals surface area contributed by atoms with Crippen LogP contribution in [0.2, 0.25) is 0 Å². The number of nitrogens with one attached hydrogen (secondary N) is 2. The van der Waals surface area contributed by atoms with Crippen LogP contribution < -0.4 is 16.6 Å². The van der Waals surface area contributed by atoms with Gasteiger partial charge in [0.1, 0.15) is 10.4 Å². The van der Waals surface area contributed by atoms with Gasteiger partial charge >= 0.3 is 5.69 Å². The maximum absolute atomic E-state index is 12.1. The molecule has 0 spiro atoms. The van der Waals surface area contributed by atoms with Gasteiger partial charge in [0.05, 0.1) is 6.54 Å². The van der Waals surface area contributed by atoms with Crippen molar-refractivity contribution in [2.24, 2.45) is 0 Å². The van der Waals surface area contributed by atoms with Crippen LogP contribution in [0.1, 0.15) is 12.5 Å². The first-order valence-corrected chi connectivity index (χ1v) is 7.38. The summed E-state index contributed by atoms with van der Waals surface area (Å²) in [5, 5.41) is 4.23. The number of nitrogens with zero attached hydrogens (tertiary/aromatic N) is 2. The van der Waals surface area contributed by atoms with E-state index in [1.165, 1.54) is 16.1 Å². The van der Waals surface area contributed by atoms with Crippen LogP contribution in [0.25, 0.3) is 11.0 Å². The van der Waals surface area contributed by atoms with E-state index >= 15 is 0 Å². The van der Waals surface area contributed by atoms with Crippen LogP contribution in [0.15, 0.2) is 39.9 Å². The smallest absolute Gasteiger partial charge is 0.330 e. The third-order valence-corrected chi connectivity index (χ3v) is 3.94. The molecule has 6 nitrogen and oxygen atoms in total. The summed E-state index contributed by atoms with van der Waals surface area (Å²) >= 11 is 1.19. The Morgan fingerprint density at radius 3 is 2.76 bits per heavy atom. The first kappa shape index (κ1) is 13.6. The topological polar surface area (TPSA) is 79.8 Å². The summed E-state index contributed by atoms with van der Waals surface area (Å²) in [6, 6.07) is 9.60. The third-order valence-electron chi connectivity index (χ3n) is 3.14. The minimum Gasteiger partial charge on any atom is -0.375 e. The van der Waals surface area contributed by atoms with Gasteiger partial charge in [-0.15, -0.1) is 0 Å². The first-order chi connectivity index (χ1) is 10.2. The van der Waals surface area contributed by atoms with Gasteiger partial charge in [-0.2, -0.15) is 4.37 Å². The second-order valence-corrected chi connectivity index (χ2v) is 5.35. The lowest BCUT2D eigenvalue weighted by Crippen LogP contribution is -2.30. The molecule has 2 heterocycles. The Labute approximate surface area is 124 Å². The number of H-pyrrole nitrogens is 1. The van der Waals surface area contributed by atoms with Crippen LogP contribution in [-0.4, -0.2) is 20.5 Å². The molecule has 3 rings (SSSR count). The molecule has 2 N–H and O–H groups in total. The summed E-state index contributed by atoms with van der Waals surface area (Å²) in [5.41, 5.74) is 0.563. The number of fused-ring (bicyclic) bond motifs is 1. The van der Waals surface area contributed by atoms with Crippen LogP contribution in [0.4, 0.5) is 5.00 Å². The maximum atomic E-state index is 12.1. The molecule has 2 aromatic heterocycles. The van der Waals surface area contributed by atoms with Crippen LogP contribution in [0.3, 0.4) is 0 Å². The molecule has 0 fully saturated rings. The summed E-state index contributed by atoms with van der Waals surface area (Å²) < 4.78 is 5.77. The lowest BCUT2D eigenvalue weighted by Gasteiger charge is -2.06. The second-order valence-electron chi connectivity index (χ2n) is 4.57. The zero-order valence-corrected chi connectivity index (χ0v) is 12.2. The van der Waals surface area contributed by atoms with Gasteiger partial charge in [0.2, 0.25) is 0 Å². The fraction of sp³-hybridized carbons (Fsp3) is 0.214. The van der Waals surface area contributed by atoms with Crippen molar-refractivity contribution in [1.29, 1.82) is 0 Å². The highest BCUT2D eigenvalue weighted by Gasteiger charge is 2.15. The van der Waals surface area contributed by atoms with Gasteiger partial charge in [0, 0.05) is 6.54 Å². The van der Waals surface area contributed by atoms with Crippen molar-refractivity contribution in [2.45, 2.75) is 13.5 Å². The summed E-state index contributed by atoms with van der Waals surface area (Å²) in [7, 11) is 0. The van der Waals surface area contributed by atoms with Gasteiger partial charge in [-0.3, -0.25) is 14.3 Å². The Morgan fingerprint density at radius 2 is 2.05 bits per heavy atom. The van der Waals surface area contributed by atoms with Crippen molar-refractivity contribution < 1.29 is 0 Å². The lowest BCUT2D eigenvalue weighted by atomic mass is 10.2. The number of benzene rings is 1. The Balaban J connectivity index is 2.18. The molecule has 0 aliphatic carbocycles. The minimum atomic E-state index is -0.440. The molecule has 3 aromatic rings. The predicted molar refractivity (Wildman–Crippen MR) is 84.2 cm³/mol. The lowest BCUT2D eigenvalue weighted by molar-refractivity contribution is 0.750. The Hall–Kier alpha value is -2.41. The summed E-state index contributed by atoms with van der Waals surface area (Å²) in [6.45, 7) is 3.01. The molecule has 0 saturated heterocycles. The van der Waals surface area contributed by atoms with Gasteiger partial charge in [-0.05, 0) is 24.0 Å². The number of aromatic amines is 1. The summed E-state index contributed by atoms with van der Waals surface area (Å²) in [5.74, 6) is 0. The molecule has 0 atom stereocenters. The van der Waals surface area contributed by atoms with E-state index in [-0.39, 0.29) is 0 Å². The van der Waals surface area contributed by atoms with Gasteiger partial charge in [0.25, 0.3) is 5.56 Å². The molecule has 0 amide bonds. The van der Waals surface area contributed by atoms with E-state index in [2.05, 4.69) is 14.7 Å². The number of hydrogen-bond donors (Lipinski definition) is 2. The van der Waals surface area contributed by atoms with E-state index in [9.17, 15) is 9.59 Å². The first-order valence-electron chi connectivity index (χ1n) is 6.61. The summed E-state index contributed by atoms with van der Waals surface area (Å²) in [6.07, 6.45) is 0. The van der Waals surface area contributed by atoms with E-state index in [4.69, 9.17) is 0 Å². The SMILES string of the molecule is CCNc1snc2c1c(=O)[nH]c(=O)n2Cc1ccccc1. The molecule has 0 saturated carbocycles. The zero-order valence-electron chi connectivity index (χ0n) is 11.4. The van der Waals surface area contributed by atoms with E-state index in [0.717, 1.165) is 5.56 Å². The normalized spacial score (nSPS) is 10.9. The molecular weight excluding hydrogens is 288 g/mol. The minimum absolute atomic E-state index is 0.377. The van der Waals surface area contributed by atoms with Crippen molar-refractivity contribution in [3.63, 3.8) is 0 Å². The Bertz CT molecular complexity index is 879. The highest BCUT2D eigenvalue weighted by Crippen LogP contribution is 2.23. The molecule has 0 unspecified atom stereocenters. The van der Waals surface area contributed by atoms with Crippen LogP contribution >= 0.6 is 11.5 Å². The molecule has 21 heavy (non-hydrogen) atoms. The number of hydrogen-bond acceptors (Lipinski definition) is 5. The highest BCUT2D eigenvalue weighted by atomic mass is 32.1. The maximum Gasteiger partial charge on any atom is 0.330 e. The van der Waals surface area contributed by atoms with Crippen molar-refractivity contribution in [3.8, 4) is 0 Å². The van der Waals surface area contributed by atoms with E-state index in [0.29, 0.717) is 29.1 Å². The van der Waals surface area contributed by atoms with Crippen molar-refractivity contribution in [1.82, 2.24) is 13.9 Å². The molecule has 0 bridgehead atoms. The summed E-state index contributed by atoms with van der Waals surface area (Å²) in [4.78, 5) is 26.5. The number of anilines is 1. The number of aromatic nitrogens is 3. The fourth-order valence-corrected chi connectivity index (χ4v) is 3.04. The predicted octanol–water partition coefficient (Wildman–Crippen LogP) is 1.63. The Morgan fingerprint density at radius 1 is 1.29 bits per heavy atom. The monoisotopic (exact) mass is 302 g/mol. The molecule has 0 aliphatic rings. The fourth-order valence-electron chi connectivity index (χ4n) is 2.19. The zero-order chi connectivity index (χ0) is 14.8. The van der Waals surface area contributed by atoms with Crippen molar-refractivity contribution >= 4 is 27.6 Å². The van der Waals surface area contributed by atoms with Gasteiger partial charge in [0.15, 0.2) is 5.65 Å². The van der Waals surface area contributed by atoms with Crippen molar-refractivity contribution in [2.75, 3.05) is 11.9 Å². The van der Waals surface area contributed by atoms with Gasteiger partial charge < -0.3 is 5.32 Å². The third kappa shape index (κ3) is 2.47. The molecular formula is C14H14N4O2S. The van der Waals surface area contributed by atoms with E-state index < -0.39 is 11.2 Å². The Kier molecular flexibility index (Phi) is 3.57. The molecule has 1 aromatic carbocycles. The van der Waals surface area contributed by atoms with Crippen LogP contribution in [-0.2, 0) is 6.54 Å². The quantitative estimate of drug-likeness (QED) is 0.767. The molecule has 0 aliphatic heterocycles. The standard InChI is InChI=1S/C14H14N4O2S/c1-2-15-13-10-11(17-21-13)18(14(20)16-12(10)19)8-9-6-4-3-5-7-9/h3-7,15H,2,8H2,1H3,(H,16,19,20).